The average molecular weight is 150 g/mol. The van der Waals surface area contributed by atoms with E-state index in [1.165, 1.54) is 6.39 Å². The van der Waals surface area contributed by atoms with Gasteiger partial charge in [0.2, 0.25) is 5.76 Å². The van der Waals surface area contributed by atoms with Gasteiger partial charge in [0.05, 0.1) is 11.9 Å². The lowest BCUT2D eigenvalue weighted by Crippen LogP contribution is -1.63. The van der Waals surface area contributed by atoms with Crippen LogP contribution < -0.4 is 0 Å². The zero-order valence-electron chi connectivity index (χ0n) is 5.94. The van der Waals surface area contributed by atoms with E-state index in [1.54, 1.807) is 12.3 Å². The highest BCUT2D eigenvalue weighted by molar-refractivity contribution is 5.47. The molecule has 2 heterocycles. The van der Waals surface area contributed by atoms with Crippen LogP contribution in [0.3, 0.4) is 0 Å². The van der Waals surface area contributed by atoms with Gasteiger partial charge >= 0.3 is 0 Å². The summed E-state index contributed by atoms with van der Waals surface area (Å²) in [6, 6.07) is 1.79. The Morgan fingerprint density at radius 1 is 1.36 bits per heavy atom. The van der Waals surface area contributed by atoms with E-state index in [2.05, 4.69) is 10.1 Å². The van der Waals surface area contributed by atoms with E-state index in [1.807, 2.05) is 6.92 Å². The molecule has 56 valence electrons. The van der Waals surface area contributed by atoms with Gasteiger partial charge in [0, 0.05) is 6.07 Å². The summed E-state index contributed by atoms with van der Waals surface area (Å²) in [7, 11) is 0. The first-order valence-electron chi connectivity index (χ1n) is 3.18. The lowest BCUT2D eigenvalue weighted by molar-refractivity contribution is 0.413. The molecule has 2 aromatic rings. The molecule has 0 N–H and O–H groups in total. The van der Waals surface area contributed by atoms with Crippen molar-refractivity contribution in [1.82, 2.24) is 10.1 Å². The van der Waals surface area contributed by atoms with Crippen molar-refractivity contribution in [3.8, 4) is 11.5 Å². The molecule has 0 radical (unpaired) electrons. The second-order valence-corrected chi connectivity index (χ2v) is 2.20. The first-order chi connectivity index (χ1) is 5.36. The normalized spacial score (nSPS) is 10.3. The lowest BCUT2D eigenvalue weighted by Gasteiger charge is -1.81. The molecule has 0 unspecified atom stereocenters. The highest BCUT2D eigenvalue weighted by Crippen LogP contribution is 2.18. The molecule has 0 saturated carbocycles. The molecule has 4 nitrogen and oxygen atoms in total. The van der Waals surface area contributed by atoms with Crippen molar-refractivity contribution < 1.29 is 8.94 Å². The summed E-state index contributed by atoms with van der Waals surface area (Å²) in [5.74, 6) is 1.21. The molecular weight excluding hydrogens is 144 g/mol. The van der Waals surface area contributed by atoms with Crippen LogP contribution in [-0.2, 0) is 0 Å². The molecule has 0 aliphatic rings. The maximum absolute atomic E-state index is 4.99. The van der Waals surface area contributed by atoms with E-state index in [9.17, 15) is 0 Å². The van der Waals surface area contributed by atoms with Crippen LogP contribution in [0.5, 0.6) is 0 Å². The van der Waals surface area contributed by atoms with Gasteiger partial charge < -0.3 is 8.94 Å². The molecular formula is C7H6N2O2. The number of rotatable bonds is 1. The second-order valence-electron chi connectivity index (χ2n) is 2.20. The maximum atomic E-state index is 4.99. The molecule has 0 saturated heterocycles. The van der Waals surface area contributed by atoms with E-state index >= 15 is 0 Å². The molecule has 0 aromatic carbocycles. The maximum Gasteiger partial charge on any atom is 0.204 e. The molecule has 2 aromatic heterocycles. The SMILES string of the molecule is Cc1cc(-c2cnco2)on1. The smallest absolute Gasteiger partial charge is 0.204 e. The van der Waals surface area contributed by atoms with Crippen LogP contribution in [0, 0.1) is 6.92 Å². The summed E-state index contributed by atoms with van der Waals surface area (Å²) in [4.78, 5) is 3.75. The second kappa shape index (κ2) is 2.23. The summed E-state index contributed by atoms with van der Waals surface area (Å²) < 4.78 is 9.91. The van der Waals surface area contributed by atoms with Gasteiger partial charge in [-0.05, 0) is 6.92 Å². The van der Waals surface area contributed by atoms with Crippen molar-refractivity contribution >= 4 is 0 Å². The van der Waals surface area contributed by atoms with Crippen molar-refractivity contribution in [2.75, 3.05) is 0 Å². The average Bonchev–Trinajstić information content (AvgIpc) is 2.55. The Balaban J connectivity index is 2.45. The van der Waals surface area contributed by atoms with Crippen LogP contribution in [0.25, 0.3) is 11.5 Å². The molecule has 0 aliphatic heterocycles. The third-order valence-corrected chi connectivity index (χ3v) is 1.30. The van der Waals surface area contributed by atoms with Gasteiger partial charge in [0.25, 0.3) is 0 Å². The molecule has 0 amide bonds. The fourth-order valence-electron chi connectivity index (χ4n) is 0.817. The van der Waals surface area contributed by atoms with E-state index < -0.39 is 0 Å². The highest BCUT2D eigenvalue weighted by atomic mass is 16.5. The van der Waals surface area contributed by atoms with E-state index in [4.69, 9.17) is 8.94 Å². The van der Waals surface area contributed by atoms with Crippen LogP contribution in [0.1, 0.15) is 5.69 Å². The van der Waals surface area contributed by atoms with Gasteiger partial charge in [0.15, 0.2) is 12.2 Å². The number of aryl methyl sites for hydroxylation is 1. The predicted molar refractivity (Wildman–Crippen MR) is 36.7 cm³/mol. The Morgan fingerprint density at radius 2 is 2.27 bits per heavy atom. The van der Waals surface area contributed by atoms with Crippen LogP contribution in [0.15, 0.2) is 27.6 Å². The van der Waals surface area contributed by atoms with Crippen LogP contribution >= 0.6 is 0 Å². The highest BCUT2D eigenvalue weighted by Gasteiger charge is 2.05. The van der Waals surface area contributed by atoms with Gasteiger partial charge in [-0.25, -0.2) is 4.98 Å². The van der Waals surface area contributed by atoms with Gasteiger partial charge in [-0.1, -0.05) is 5.16 Å². The van der Waals surface area contributed by atoms with Gasteiger partial charge in [-0.3, -0.25) is 0 Å². The van der Waals surface area contributed by atoms with E-state index in [-0.39, 0.29) is 0 Å². The minimum absolute atomic E-state index is 0.602. The summed E-state index contributed by atoms with van der Waals surface area (Å²) in [5.41, 5.74) is 0.830. The van der Waals surface area contributed by atoms with E-state index in [0.717, 1.165) is 5.69 Å². The third kappa shape index (κ3) is 1.02. The molecule has 4 heteroatoms. The quantitative estimate of drug-likeness (QED) is 0.620. The van der Waals surface area contributed by atoms with Crippen LogP contribution in [-0.4, -0.2) is 10.1 Å². The van der Waals surface area contributed by atoms with Gasteiger partial charge in [-0.15, -0.1) is 0 Å². The Labute approximate surface area is 62.8 Å². The zero-order chi connectivity index (χ0) is 7.68. The Bertz CT molecular complexity index is 337. The molecule has 2 rings (SSSR count). The van der Waals surface area contributed by atoms with Crippen LogP contribution in [0.4, 0.5) is 0 Å². The summed E-state index contributed by atoms with van der Waals surface area (Å²) >= 11 is 0. The van der Waals surface area contributed by atoms with Gasteiger partial charge in [-0.2, -0.15) is 0 Å². The Morgan fingerprint density at radius 3 is 2.82 bits per heavy atom. The number of aromatic nitrogens is 2. The van der Waals surface area contributed by atoms with Crippen molar-refractivity contribution in [1.29, 1.82) is 0 Å². The zero-order valence-corrected chi connectivity index (χ0v) is 5.94. The number of oxazole rings is 1. The third-order valence-electron chi connectivity index (χ3n) is 1.30. The minimum Gasteiger partial charge on any atom is -0.440 e. The standard InChI is InChI=1S/C7H6N2O2/c1-5-2-6(11-9-5)7-3-8-4-10-7/h2-4H,1H3. The molecule has 0 aliphatic carbocycles. The number of nitrogens with zero attached hydrogens (tertiary/aromatic N) is 2. The Kier molecular flexibility index (Phi) is 1.25. The summed E-state index contributed by atoms with van der Waals surface area (Å²) in [6.45, 7) is 1.85. The van der Waals surface area contributed by atoms with Crippen molar-refractivity contribution in [3.63, 3.8) is 0 Å². The molecule has 0 fully saturated rings. The number of hydrogen-bond acceptors (Lipinski definition) is 4. The fourth-order valence-corrected chi connectivity index (χ4v) is 0.817. The minimum atomic E-state index is 0.602. The molecule has 0 bridgehead atoms. The predicted octanol–water partition coefficient (Wildman–Crippen LogP) is 1.64. The van der Waals surface area contributed by atoms with Crippen molar-refractivity contribution in [2.24, 2.45) is 0 Å². The van der Waals surface area contributed by atoms with Gasteiger partial charge in [0.1, 0.15) is 0 Å². The summed E-state index contributed by atoms with van der Waals surface area (Å²) in [5, 5.41) is 3.71. The van der Waals surface area contributed by atoms with Crippen LogP contribution in [0.2, 0.25) is 0 Å². The monoisotopic (exact) mass is 150 g/mol. The lowest BCUT2D eigenvalue weighted by atomic mass is 10.3. The molecule has 0 atom stereocenters. The largest absolute Gasteiger partial charge is 0.440 e. The summed E-state index contributed by atoms with van der Waals surface area (Å²) in [6.07, 6.45) is 2.94. The Hall–Kier alpha value is -1.58. The van der Waals surface area contributed by atoms with Crippen molar-refractivity contribution in [3.05, 3.63) is 24.4 Å². The number of hydrogen-bond donors (Lipinski definition) is 0. The first-order valence-corrected chi connectivity index (χ1v) is 3.18. The van der Waals surface area contributed by atoms with E-state index in [0.29, 0.717) is 11.5 Å². The molecule has 0 spiro atoms. The fraction of sp³-hybridized carbons (Fsp3) is 0.143. The molecule has 11 heavy (non-hydrogen) atoms. The van der Waals surface area contributed by atoms with Crippen molar-refractivity contribution in [2.45, 2.75) is 6.92 Å². The first kappa shape index (κ1) is 6.15. The topological polar surface area (TPSA) is 52.1 Å².